The summed E-state index contributed by atoms with van der Waals surface area (Å²) in [5.74, 6) is 0.960. The fourth-order valence-electron chi connectivity index (χ4n) is 1.87. The van der Waals surface area contributed by atoms with Crippen LogP contribution in [0.4, 0.5) is 0 Å². The van der Waals surface area contributed by atoms with Crippen molar-refractivity contribution < 1.29 is 0 Å². The second-order valence-corrected chi connectivity index (χ2v) is 7.48. The molecule has 0 spiro atoms. The van der Waals surface area contributed by atoms with Crippen LogP contribution in [-0.4, -0.2) is 10.5 Å². The summed E-state index contributed by atoms with van der Waals surface area (Å²) in [5.41, 5.74) is 7.50. The molecule has 0 radical (unpaired) electrons. The largest absolute Gasteiger partial charge is 0.323 e. The van der Waals surface area contributed by atoms with Gasteiger partial charge in [-0.3, -0.25) is 0 Å². The van der Waals surface area contributed by atoms with E-state index in [1.54, 1.807) is 0 Å². The molecule has 0 aliphatic rings. The standard InChI is InChI=1S/C16H21NS/c1-16(2,3)18-11-15(17)14-9-8-12-6-4-5-7-13(12)10-14/h4-10,15H,11,17H2,1-3H3. The van der Waals surface area contributed by atoms with E-state index >= 15 is 0 Å². The van der Waals surface area contributed by atoms with Gasteiger partial charge in [0.2, 0.25) is 0 Å². The third-order valence-electron chi connectivity index (χ3n) is 2.90. The van der Waals surface area contributed by atoms with E-state index in [0.29, 0.717) is 0 Å². The van der Waals surface area contributed by atoms with Crippen molar-refractivity contribution in [2.45, 2.75) is 31.6 Å². The van der Waals surface area contributed by atoms with Crippen molar-refractivity contribution in [2.24, 2.45) is 5.73 Å². The van der Waals surface area contributed by atoms with E-state index in [1.807, 2.05) is 11.8 Å². The minimum atomic E-state index is 0.110. The van der Waals surface area contributed by atoms with E-state index in [9.17, 15) is 0 Å². The fourth-order valence-corrected chi connectivity index (χ4v) is 2.75. The summed E-state index contributed by atoms with van der Waals surface area (Å²) in [5, 5.41) is 2.54. The molecule has 2 aromatic rings. The molecule has 2 N–H and O–H groups in total. The summed E-state index contributed by atoms with van der Waals surface area (Å²) < 4.78 is 0.272. The predicted octanol–water partition coefficient (Wildman–Crippen LogP) is 4.37. The number of fused-ring (bicyclic) bond motifs is 1. The lowest BCUT2D eigenvalue weighted by Gasteiger charge is -2.21. The van der Waals surface area contributed by atoms with Crippen LogP contribution in [0.1, 0.15) is 32.4 Å². The molecule has 2 aromatic carbocycles. The zero-order valence-corrected chi connectivity index (χ0v) is 12.1. The number of hydrogen-bond donors (Lipinski definition) is 1. The SMILES string of the molecule is CC(C)(C)SCC(N)c1ccc2ccccc2c1. The van der Waals surface area contributed by atoms with Crippen molar-refractivity contribution in [3.63, 3.8) is 0 Å². The molecule has 0 saturated heterocycles. The van der Waals surface area contributed by atoms with Crippen LogP contribution in [0.25, 0.3) is 10.8 Å². The Balaban J connectivity index is 2.15. The molecule has 2 heteroatoms. The second kappa shape index (κ2) is 5.33. The van der Waals surface area contributed by atoms with Crippen molar-refractivity contribution in [1.82, 2.24) is 0 Å². The molecular formula is C16H21NS. The zero-order chi connectivity index (χ0) is 13.2. The molecule has 1 atom stereocenters. The Labute approximate surface area is 114 Å². The van der Waals surface area contributed by atoms with Crippen LogP contribution in [0.15, 0.2) is 42.5 Å². The molecule has 96 valence electrons. The van der Waals surface area contributed by atoms with Gasteiger partial charge in [0.15, 0.2) is 0 Å². The summed E-state index contributed by atoms with van der Waals surface area (Å²) in [7, 11) is 0. The molecule has 1 unspecified atom stereocenters. The first kappa shape index (κ1) is 13.4. The van der Waals surface area contributed by atoms with Crippen LogP contribution >= 0.6 is 11.8 Å². The second-order valence-electron chi connectivity index (χ2n) is 5.64. The zero-order valence-electron chi connectivity index (χ0n) is 11.3. The lowest BCUT2D eigenvalue weighted by molar-refractivity contribution is 0.779. The highest BCUT2D eigenvalue weighted by Crippen LogP contribution is 2.28. The average Bonchev–Trinajstić information content (AvgIpc) is 2.34. The number of benzene rings is 2. The maximum atomic E-state index is 6.27. The molecule has 0 fully saturated rings. The third kappa shape index (κ3) is 3.50. The van der Waals surface area contributed by atoms with Crippen LogP contribution in [-0.2, 0) is 0 Å². The minimum absolute atomic E-state index is 0.110. The minimum Gasteiger partial charge on any atom is -0.323 e. The molecule has 0 aromatic heterocycles. The van der Waals surface area contributed by atoms with Crippen molar-refractivity contribution in [3.05, 3.63) is 48.0 Å². The topological polar surface area (TPSA) is 26.0 Å². The van der Waals surface area contributed by atoms with Gasteiger partial charge in [-0.2, -0.15) is 11.8 Å². The quantitative estimate of drug-likeness (QED) is 0.885. The first-order chi connectivity index (χ1) is 8.46. The van der Waals surface area contributed by atoms with Gasteiger partial charge in [-0.15, -0.1) is 0 Å². The van der Waals surface area contributed by atoms with Gasteiger partial charge in [0.25, 0.3) is 0 Å². The van der Waals surface area contributed by atoms with Gasteiger partial charge in [-0.1, -0.05) is 57.2 Å². The Bertz CT molecular complexity index is 528. The first-order valence-electron chi connectivity index (χ1n) is 6.34. The summed E-state index contributed by atoms with van der Waals surface area (Å²) in [6, 6.07) is 15.0. The van der Waals surface area contributed by atoms with E-state index in [4.69, 9.17) is 5.73 Å². The number of hydrogen-bond acceptors (Lipinski definition) is 2. The first-order valence-corrected chi connectivity index (χ1v) is 7.32. The third-order valence-corrected chi connectivity index (χ3v) is 4.29. The van der Waals surface area contributed by atoms with Gasteiger partial charge in [0, 0.05) is 16.5 Å². The smallest absolute Gasteiger partial charge is 0.0387 e. The molecule has 0 amide bonds. The van der Waals surface area contributed by atoms with E-state index in [0.717, 1.165) is 5.75 Å². The maximum absolute atomic E-state index is 6.27. The van der Waals surface area contributed by atoms with Crippen LogP contribution < -0.4 is 5.73 Å². The molecule has 0 saturated carbocycles. The van der Waals surface area contributed by atoms with Gasteiger partial charge in [0.05, 0.1) is 0 Å². The highest BCUT2D eigenvalue weighted by molar-refractivity contribution is 8.00. The molecule has 2 rings (SSSR count). The molecule has 1 nitrogen and oxygen atoms in total. The van der Waals surface area contributed by atoms with Crippen molar-refractivity contribution >= 4 is 22.5 Å². The lowest BCUT2D eigenvalue weighted by Crippen LogP contribution is -2.17. The average molecular weight is 259 g/mol. The van der Waals surface area contributed by atoms with E-state index < -0.39 is 0 Å². The Morgan fingerprint density at radius 1 is 1.06 bits per heavy atom. The van der Waals surface area contributed by atoms with Crippen molar-refractivity contribution in [3.8, 4) is 0 Å². The van der Waals surface area contributed by atoms with Crippen LogP contribution in [0, 0.1) is 0 Å². The van der Waals surface area contributed by atoms with Crippen LogP contribution in [0.3, 0.4) is 0 Å². The fraction of sp³-hybridized carbons (Fsp3) is 0.375. The van der Waals surface area contributed by atoms with Crippen molar-refractivity contribution in [2.75, 3.05) is 5.75 Å². The Hall–Kier alpha value is -0.990. The number of thioether (sulfide) groups is 1. The van der Waals surface area contributed by atoms with E-state index in [1.165, 1.54) is 16.3 Å². The van der Waals surface area contributed by atoms with Crippen LogP contribution in [0.5, 0.6) is 0 Å². The van der Waals surface area contributed by atoms with Gasteiger partial charge in [0.1, 0.15) is 0 Å². The predicted molar refractivity (Wildman–Crippen MR) is 83.1 cm³/mol. The van der Waals surface area contributed by atoms with E-state index in [2.05, 4.69) is 63.2 Å². The summed E-state index contributed by atoms with van der Waals surface area (Å²) in [6.07, 6.45) is 0. The molecule has 0 aliphatic carbocycles. The highest BCUT2D eigenvalue weighted by atomic mass is 32.2. The van der Waals surface area contributed by atoms with Crippen molar-refractivity contribution in [1.29, 1.82) is 0 Å². The van der Waals surface area contributed by atoms with Gasteiger partial charge in [-0.05, 0) is 22.4 Å². The van der Waals surface area contributed by atoms with Gasteiger partial charge in [-0.25, -0.2) is 0 Å². The normalized spacial score (nSPS) is 13.8. The molecule has 0 heterocycles. The maximum Gasteiger partial charge on any atom is 0.0387 e. The molecule has 18 heavy (non-hydrogen) atoms. The summed E-state index contributed by atoms with van der Waals surface area (Å²) in [6.45, 7) is 6.68. The van der Waals surface area contributed by atoms with Gasteiger partial charge >= 0.3 is 0 Å². The number of rotatable bonds is 3. The van der Waals surface area contributed by atoms with E-state index in [-0.39, 0.29) is 10.8 Å². The number of nitrogens with two attached hydrogens (primary N) is 1. The lowest BCUT2D eigenvalue weighted by atomic mass is 10.0. The summed E-state index contributed by atoms with van der Waals surface area (Å²) >= 11 is 1.92. The van der Waals surface area contributed by atoms with Gasteiger partial charge < -0.3 is 5.73 Å². The Kier molecular flexibility index (Phi) is 3.98. The Morgan fingerprint density at radius 2 is 1.72 bits per heavy atom. The molecule has 0 bridgehead atoms. The summed E-state index contributed by atoms with van der Waals surface area (Å²) in [4.78, 5) is 0. The monoisotopic (exact) mass is 259 g/mol. The molecular weight excluding hydrogens is 238 g/mol. The highest BCUT2D eigenvalue weighted by Gasteiger charge is 2.14. The Morgan fingerprint density at radius 3 is 2.39 bits per heavy atom. The molecule has 0 aliphatic heterocycles. The van der Waals surface area contributed by atoms with Crippen LogP contribution in [0.2, 0.25) is 0 Å².